The van der Waals surface area contributed by atoms with Gasteiger partial charge in [0.1, 0.15) is 0 Å². The second kappa shape index (κ2) is 9.06. The summed E-state index contributed by atoms with van der Waals surface area (Å²) in [5.41, 5.74) is 0.314. The van der Waals surface area contributed by atoms with Crippen molar-refractivity contribution < 1.29 is 17.6 Å². The van der Waals surface area contributed by atoms with Crippen molar-refractivity contribution in [2.75, 3.05) is 18.1 Å². The average Bonchev–Trinajstić information content (AvgIpc) is 3.15. The number of nitrogens with zero attached hydrogens (tertiary/aromatic N) is 3. The third kappa shape index (κ3) is 4.56. The van der Waals surface area contributed by atoms with Crippen molar-refractivity contribution in [3.05, 3.63) is 35.7 Å². The van der Waals surface area contributed by atoms with E-state index in [4.69, 9.17) is 4.42 Å². The molecule has 2 aromatic rings. The SMILES string of the molecule is CC[C@@H]1CCCCN1S(=O)(=O)c1ccc(C(=O)Nc2nnc(CSC)o2)cc1. The molecule has 1 aliphatic rings. The molecular formula is C18H24N4O4S2. The summed E-state index contributed by atoms with van der Waals surface area (Å²) in [6, 6.07) is 5.98. The summed E-state index contributed by atoms with van der Waals surface area (Å²) in [7, 11) is -3.57. The lowest BCUT2D eigenvalue weighted by Crippen LogP contribution is -2.43. The number of thioether (sulfide) groups is 1. The van der Waals surface area contributed by atoms with Crippen molar-refractivity contribution in [2.24, 2.45) is 0 Å². The summed E-state index contributed by atoms with van der Waals surface area (Å²) in [5.74, 6) is 0.550. The summed E-state index contributed by atoms with van der Waals surface area (Å²) in [6.07, 6.45) is 5.52. The maximum atomic E-state index is 13.0. The highest BCUT2D eigenvalue weighted by Gasteiger charge is 2.32. The van der Waals surface area contributed by atoms with Gasteiger partial charge in [0.05, 0.1) is 10.6 Å². The van der Waals surface area contributed by atoms with Crippen LogP contribution in [-0.4, -0.2) is 47.7 Å². The Morgan fingerprint density at radius 1 is 1.29 bits per heavy atom. The first-order chi connectivity index (χ1) is 13.5. The Labute approximate surface area is 169 Å². The highest BCUT2D eigenvalue weighted by Crippen LogP contribution is 2.27. The van der Waals surface area contributed by atoms with E-state index in [1.807, 2.05) is 13.2 Å². The molecular weight excluding hydrogens is 400 g/mol. The standard InChI is InChI=1S/C18H24N4O4S2/c1-3-14-6-4-5-11-22(14)28(24,25)15-9-7-13(8-10-15)17(23)19-18-21-20-16(26-18)12-27-2/h7-10,14H,3-6,11-12H2,1-2H3,(H,19,21,23)/t14-/m1/s1. The van der Waals surface area contributed by atoms with Gasteiger partial charge < -0.3 is 4.42 Å². The average molecular weight is 425 g/mol. The van der Waals surface area contributed by atoms with E-state index < -0.39 is 15.9 Å². The van der Waals surface area contributed by atoms with Gasteiger partial charge in [-0.2, -0.15) is 16.1 Å². The van der Waals surface area contributed by atoms with Gasteiger partial charge in [0.15, 0.2) is 0 Å². The minimum Gasteiger partial charge on any atom is -0.407 e. The molecule has 1 aliphatic heterocycles. The van der Waals surface area contributed by atoms with Gasteiger partial charge in [-0.05, 0) is 49.8 Å². The lowest BCUT2D eigenvalue weighted by Gasteiger charge is -2.34. The molecule has 1 aromatic heterocycles. The van der Waals surface area contributed by atoms with Gasteiger partial charge in [0, 0.05) is 18.2 Å². The summed E-state index contributed by atoms with van der Waals surface area (Å²) < 4.78 is 32.9. The summed E-state index contributed by atoms with van der Waals surface area (Å²) in [4.78, 5) is 12.5. The smallest absolute Gasteiger partial charge is 0.322 e. The van der Waals surface area contributed by atoms with Crippen molar-refractivity contribution in [3.8, 4) is 0 Å². The molecule has 0 saturated carbocycles. The summed E-state index contributed by atoms with van der Waals surface area (Å²) >= 11 is 1.53. The number of rotatable bonds is 7. The van der Waals surface area contributed by atoms with Crippen LogP contribution in [0.1, 0.15) is 48.9 Å². The monoisotopic (exact) mass is 424 g/mol. The molecule has 152 valence electrons. The highest BCUT2D eigenvalue weighted by atomic mass is 32.2. The number of sulfonamides is 1. The molecule has 2 heterocycles. The van der Waals surface area contributed by atoms with Crippen LogP contribution in [0.15, 0.2) is 33.6 Å². The first kappa shape index (κ1) is 20.8. The third-order valence-electron chi connectivity index (χ3n) is 4.72. The minimum atomic E-state index is -3.57. The Bertz CT molecular complexity index is 912. The van der Waals surface area contributed by atoms with Crippen LogP contribution in [0, 0.1) is 0 Å². The zero-order valence-corrected chi connectivity index (χ0v) is 17.6. The molecule has 1 atom stereocenters. The van der Waals surface area contributed by atoms with Crippen LogP contribution in [-0.2, 0) is 15.8 Å². The number of aromatic nitrogens is 2. The largest absolute Gasteiger partial charge is 0.407 e. The van der Waals surface area contributed by atoms with Crippen molar-refractivity contribution in [2.45, 2.75) is 49.3 Å². The number of amides is 1. The fourth-order valence-corrected chi connectivity index (χ4v) is 5.40. The molecule has 0 bridgehead atoms. The highest BCUT2D eigenvalue weighted by molar-refractivity contribution is 7.97. The maximum Gasteiger partial charge on any atom is 0.322 e. The van der Waals surface area contributed by atoms with Gasteiger partial charge in [0.25, 0.3) is 5.91 Å². The Kier molecular flexibility index (Phi) is 6.73. The van der Waals surface area contributed by atoms with E-state index in [1.54, 1.807) is 4.31 Å². The Hall–Kier alpha value is -1.91. The molecule has 28 heavy (non-hydrogen) atoms. The van der Waals surface area contributed by atoms with Gasteiger partial charge in [-0.25, -0.2) is 8.42 Å². The Morgan fingerprint density at radius 2 is 2.04 bits per heavy atom. The van der Waals surface area contributed by atoms with Crippen LogP contribution >= 0.6 is 11.8 Å². The predicted octanol–water partition coefficient (Wildman–Crippen LogP) is 3.14. The Morgan fingerprint density at radius 3 is 2.71 bits per heavy atom. The molecule has 0 radical (unpaired) electrons. The van der Waals surface area contributed by atoms with Crippen LogP contribution in [0.3, 0.4) is 0 Å². The topological polar surface area (TPSA) is 105 Å². The molecule has 0 aliphatic carbocycles. The Balaban J connectivity index is 1.72. The van der Waals surface area contributed by atoms with Crippen LogP contribution in [0.25, 0.3) is 0 Å². The van der Waals surface area contributed by atoms with Crippen molar-refractivity contribution in [1.29, 1.82) is 0 Å². The van der Waals surface area contributed by atoms with E-state index in [-0.39, 0.29) is 17.0 Å². The van der Waals surface area contributed by atoms with Gasteiger partial charge in [0.2, 0.25) is 15.9 Å². The zero-order chi connectivity index (χ0) is 20.1. The van der Waals surface area contributed by atoms with E-state index in [2.05, 4.69) is 15.5 Å². The molecule has 1 amide bonds. The van der Waals surface area contributed by atoms with Gasteiger partial charge in [-0.15, -0.1) is 5.10 Å². The van der Waals surface area contributed by atoms with Crippen LogP contribution in [0.5, 0.6) is 0 Å². The number of carbonyl (C=O) groups excluding carboxylic acids is 1. The number of benzene rings is 1. The first-order valence-electron chi connectivity index (χ1n) is 9.20. The minimum absolute atomic E-state index is 0.0184. The molecule has 0 spiro atoms. The van der Waals surface area contributed by atoms with Crippen LogP contribution < -0.4 is 5.32 Å². The van der Waals surface area contributed by atoms with Gasteiger partial charge in [-0.3, -0.25) is 10.1 Å². The molecule has 1 saturated heterocycles. The zero-order valence-electron chi connectivity index (χ0n) is 15.9. The lowest BCUT2D eigenvalue weighted by atomic mass is 10.0. The molecule has 0 unspecified atom stereocenters. The lowest BCUT2D eigenvalue weighted by molar-refractivity contribution is 0.102. The first-order valence-corrected chi connectivity index (χ1v) is 12.0. The van der Waals surface area contributed by atoms with Crippen LogP contribution in [0.2, 0.25) is 0 Å². The van der Waals surface area contributed by atoms with E-state index >= 15 is 0 Å². The number of hydrogen-bond donors (Lipinski definition) is 1. The van der Waals surface area contributed by atoms with Crippen LogP contribution in [0.4, 0.5) is 6.01 Å². The van der Waals surface area contributed by atoms with Crippen molar-refractivity contribution in [3.63, 3.8) is 0 Å². The normalized spacial score (nSPS) is 18.1. The summed E-state index contributed by atoms with van der Waals surface area (Å²) in [6.45, 7) is 2.55. The number of carbonyl (C=O) groups is 1. The molecule has 10 heteroatoms. The maximum absolute atomic E-state index is 13.0. The van der Waals surface area contributed by atoms with Gasteiger partial charge in [-0.1, -0.05) is 18.4 Å². The van der Waals surface area contributed by atoms with E-state index in [9.17, 15) is 13.2 Å². The third-order valence-corrected chi connectivity index (χ3v) is 7.22. The van der Waals surface area contributed by atoms with Gasteiger partial charge >= 0.3 is 6.01 Å². The number of hydrogen-bond acceptors (Lipinski definition) is 7. The number of nitrogens with one attached hydrogen (secondary N) is 1. The molecule has 3 rings (SSSR count). The molecule has 1 N–H and O–H groups in total. The second-order valence-corrected chi connectivity index (χ2v) is 9.34. The van der Waals surface area contributed by atoms with E-state index in [0.29, 0.717) is 23.8 Å². The van der Waals surface area contributed by atoms with Crippen molar-refractivity contribution in [1.82, 2.24) is 14.5 Å². The van der Waals surface area contributed by atoms with Crippen molar-refractivity contribution >= 4 is 33.7 Å². The molecule has 1 fully saturated rings. The van der Waals surface area contributed by atoms with E-state index in [1.165, 1.54) is 36.0 Å². The second-order valence-electron chi connectivity index (χ2n) is 6.59. The fourth-order valence-electron chi connectivity index (χ4n) is 3.27. The number of anilines is 1. The predicted molar refractivity (Wildman–Crippen MR) is 108 cm³/mol. The quantitative estimate of drug-likeness (QED) is 0.728. The molecule has 1 aromatic carbocycles. The molecule has 8 nitrogen and oxygen atoms in total. The number of piperidine rings is 1. The fraction of sp³-hybridized carbons (Fsp3) is 0.500. The summed E-state index contributed by atoms with van der Waals surface area (Å²) in [5, 5.41) is 10.1. The van der Waals surface area contributed by atoms with E-state index in [0.717, 1.165) is 25.7 Å².